The summed E-state index contributed by atoms with van der Waals surface area (Å²) in [6, 6.07) is 4.59. The van der Waals surface area contributed by atoms with Crippen LogP contribution in [0.5, 0.6) is 11.5 Å². The highest BCUT2D eigenvalue weighted by molar-refractivity contribution is 5.82. The van der Waals surface area contributed by atoms with Crippen LogP contribution in [0.1, 0.15) is 57.1 Å². The molecule has 0 bridgehead atoms. The topological polar surface area (TPSA) is 59.6 Å². The van der Waals surface area contributed by atoms with E-state index >= 15 is 0 Å². The highest BCUT2D eigenvalue weighted by Gasteiger charge is 2.38. The van der Waals surface area contributed by atoms with Gasteiger partial charge in [0.25, 0.3) is 0 Å². The van der Waals surface area contributed by atoms with E-state index in [0.29, 0.717) is 25.1 Å². The molecule has 1 aromatic rings. The van der Waals surface area contributed by atoms with E-state index < -0.39 is 0 Å². The number of hydrogen-bond acceptors (Lipinski definition) is 4. The second kappa shape index (κ2) is 7.47. The largest absolute Gasteiger partial charge is 0.494 e. The van der Waals surface area contributed by atoms with Gasteiger partial charge >= 0.3 is 0 Å². The average molecular weight is 358 g/mol. The summed E-state index contributed by atoms with van der Waals surface area (Å²) in [6.45, 7) is 5.16. The Bertz CT molecular complexity index is 661. The van der Waals surface area contributed by atoms with Crippen molar-refractivity contribution in [3.63, 3.8) is 0 Å². The maximum absolute atomic E-state index is 12.7. The molecule has 2 fully saturated rings. The summed E-state index contributed by atoms with van der Waals surface area (Å²) in [5, 5.41) is 6.66. The van der Waals surface area contributed by atoms with Crippen molar-refractivity contribution in [1.29, 1.82) is 0 Å². The first-order valence-corrected chi connectivity index (χ1v) is 10.1. The summed E-state index contributed by atoms with van der Waals surface area (Å²) in [5.41, 5.74) is 2.18. The lowest BCUT2D eigenvalue weighted by Gasteiger charge is -2.24. The van der Waals surface area contributed by atoms with Crippen LogP contribution in [0.25, 0.3) is 0 Å². The van der Waals surface area contributed by atoms with Gasteiger partial charge in [-0.05, 0) is 51.2 Å². The molecule has 0 spiro atoms. The molecule has 4 unspecified atom stereocenters. The van der Waals surface area contributed by atoms with Gasteiger partial charge in [0.05, 0.1) is 12.6 Å². The molecule has 26 heavy (non-hydrogen) atoms. The highest BCUT2D eigenvalue weighted by atomic mass is 16.5. The maximum atomic E-state index is 12.7. The standard InChI is InChI=1S/C21H30N2O3/c1-3-25-19-10-15-8-13(2)26-20(15)11-16(19)12-22-21(24)18-9-14-6-4-5-7-17(14)23-18/h10-11,13-14,17-18,23H,3-9,12H2,1-2H3,(H,22,24). The quantitative estimate of drug-likeness (QED) is 0.850. The first-order valence-electron chi connectivity index (χ1n) is 10.1. The van der Waals surface area contributed by atoms with Crippen LogP contribution in [0.2, 0.25) is 0 Å². The smallest absolute Gasteiger partial charge is 0.237 e. The van der Waals surface area contributed by atoms with E-state index in [9.17, 15) is 4.79 Å². The fraction of sp³-hybridized carbons (Fsp3) is 0.667. The molecule has 1 saturated heterocycles. The number of amides is 1. The molecular weight excluding hydrogens is 328 g/mol. The van der Waals surface area contributed by atoms with Gasteiger partial charge in [-0.3, -0.25) is 4.79 Å². The van der Waals surface area contributed by atoms with Crippen LogP contribution < -0.4 is 20.1 Å². The van der Waals surface area contributed by atoms with Gasteiger partial charge < -0.3 is 20.1 Å². The van der Waals surface area contributed by atoms with Gasteiger partial charge in [-0.25, -0.2) is 0 Å². The Kier molecular flexibility index (Phi) is 5.07. The third-order valence-corrected chi connectivity index (χ3v) is 6.01. The molecule has 1 aromatic carbocycles. The molecule has 142 valence electrons. The number of fused-ring (bicyclic) bond motifs is 2. The van der Waals surface area contributed by atoms with Crippen LogP contribution in [0.15, 0.2) is 12.1 Å². The second-order valence-corrected chi connectivity index (χ2v) is 7.96. The van der Waals surface area contributed by atoms with Crippen molar-refractivity contribution >= 4 is 5.91 Å². The van der Waals surface area contributed by atoms with Crippen molar-refractivity contribution in [2.75, 3.05) is 6.61 Å². The normalized spacial score (nSPS) is 29.6. The van der Waals surface area contributed by atoms with Crippen LogP contribution >= 0.6 is 0 Å². The zero-order valence-electron chi connectivity index (χ0n) is 15.8. The lowest BCUT2D eigenvalue weighted by Crippen LogP contribution is -2.42. The zero-order chi connectivity index (χ0) is 18.1. The van der Waals surface area contributed by atoms with Crippen molar-refractivity contribution < 1.29 is 14.3 Å². The minimum Gasteiger partial charge on any atom is -0.494 e. The second-order valence-electron chi connectivity index (χ2n) is 7.96. The van der Waals surface area contributed by atoms with Crippen molar-refractivity contribution in [3.8, 4) is 11.5 Å². The predicted octanol–water partition coefficient (Wildman–Crippen LogP) is 2.95. The number of nitrogens with one attached hydrogen (secondary N) is 2. The molecule has 4 atom stereocenters. The molecular formula is C21H30N2O3. The summed E-state index contributed by atoms with van der Waals surface area (Å²) in [7, 11) is 0. The number of benzene rings is 1. The van der Waals surface area contributed by atoms with Gasteiger partial charge in [-0.2, -0.15) is 0 Å². The molecule has 0 radical (unpaired) electrons. The first kappa shape index (κ1) is 17.7. The third-order valence-electron chi connectivity index (χ3n) is 6.01. The molecule has 3 aliphatic rings. The monoisotopic (exact) mass is 358 g/mol. The Morgan fingerprint density at radius 2 is 2.19 bits per heavy atom. The molecule has 1 saturated carbocycles. The van der Waals surface area contributed by atoms with Crippen LogP contribution in [0, 0.1) is 5.92 Å². The molecule has 2 heterocycles. The lowest BCUT2D eigenvalue weighted by atomic mass is 9.85. The molecule has 0 aromatic heterocycles. The summed E-state index contributed by atoms with van der Waals surface area (Å²) in [6.07, 6.45) is 7.15. The number of ether oxygens (including phenoxy) is 2. The minimum atomic E-state index is -0.0515. The SMILES string of the molecule is CCOc1cc2c(cc1CNC(=O)C1CC3CCCCC3N1)OC(C)C2. The van der Waals surface area contributed by atoms with Crippen LogP contribution in [-0.4, -0.2) is 30.7 Å². The summed E-state index contributed by atoms with van der Waals surface area (Å²) in [4.78, 5) is 12.7. The molecule has 1 amide bonds. The van der Waals surface area contributed by atoms with Gasteiger partial charge in [-0.15, -0.1) is 0 Å². The Labute approximate surface area is 155 Å². The third kappa shape index (κ3) is 3.54. The number of hydrogen-bond donors (Lipinski definition) is 2. The van der Waals surface area contributed by atoms with E-state index in [1.807, 2.05) is 13.0 Å². The van der Waals surface area contributed by atoms with Crippen molar-refractivity contribution in [2.45, 2.75) is 77.1 Å². The van der Waals surface area contributed by atoms with Crippen molar-refractivity contribution in [2.24, 2.45) is 5.92 Å². The summed E-state index contributed by atoms with van der Waals surface area (Å²) < 4.78 is 11.7. The maximum Gasteiger partial charge on any atom is 0.237 e. The molecule has 1 aliphatic carbocycles. The van der Waals surface area contributed by atoms with E-state index in [1.165, 1.54) is 31.2 Å². The van der Waals surface area contributed by atoms with E-state index in [1.54, 1.807) is 0 Å². The Balaban J connectivity index is 1.41. The fourth-order valence-electron chi connectivity index (χ4n) is 4.74. The van der Waals surface area contributed by atoms with Crippen LogP contribution in [-0.2, 0) is 17.8 Å². The molecule has 2 aliphatic heterocycles. The Morgan fingerprint density at radius 3 is 3.00 bits per heavy atom. The van der Waals surface area contributed by atoms with Gasteiger partial charge in [-0.1, -0.05) is 12.8 Å². The van der Waals surface area contributed by atoms with Crippen LogP contribution in [0.3, 0.4) is 0 Å². The summed E-state index contributed by atoms with van der Waals surface area (Å²) in [5.74, 6) is 2.57. The molecule has 4 rings (SSSR count). The number of carbonyl (C=O) groups is 1. The van der Waals surface area contributed by atoms with Crippen LogP contribution in [0.4, 0.5) is 0 Å². The Morgan fingerprint density at radius 1 is 1.35 bits per heavy atom. The van der Waals surface area contributed by atoms with Gasteiger partial charge in [0.1, 0.15) is 17.6 Å². The highest BCUT2D eigenvalue weighted by Crippen LogP contribution is 2.36. The van der Waals surface area contributed by atoms with Gasteiger partial charge in [0.2, 0.25) is 5.91 Å². The molecule has 5 heteroatoms. The zero-order valence-corrected chi connectivity index (χ0v) is 15.8. The van der Waals surface area contributed by atoms with E-state index in [-0.39, 0.29) is 18.1 Å². The minimum absolute atomic E-state index is 0.0515. The first-order chi connectivity index (χ1) is 12.6. The van der Waals surface area contributed by atoms with E-state index in [4.69, 9.17) is 9.47 Å². The lowest BCUT2D eigenvalue weighted by molar-refractivity contribution is -0.123. The molecule has 2 N–H and O–H groups in total. The fourth-order valence-corrected chi connectivity index (χ4v) is 4.74. The van der Waals surface area contributed by atoms with Crippen molar-refractivity contribution in [1.82, 2.24) is 10.6 Å². The van der Waals surface area contributed by atoms with E-state index in [2.05, 4.69) is 23.6 Å². The average Bonchev–Trinajstić information content (AvgIpc) is 3.21. The predicted molar refractivity (Wildman–Crippen MR) is 101 cm³/mol. The van der Waals surface area contributed by atoms with E-state index in [0.717, 1.165) is 29.9 Å². The van der Waals surface area contributed by atoms with Gasteiger partial charge in [0.15, 0.2) is 0 Å². The molecule has 5 nitrogen and oxygen atoms in total. The Hall–Kier alpha value is -1.75. The number of rotatable bonds is 5. The van der Waals surface area contributed by atoms with Crippen molar-refractivity contribution in [3.05, 3.63) is 23.3 Å². The number of carbonyl (C=O) groups excluding carboxylic acids is 1. The van der Waals surface area contributed by atoms with Gasteiger partial charge in [0, 0.05) is 30.1 Å². The summed E-state index contributed by atoms with van der Waals surface area (Å²) >= 11 is 0.